The Kier molecular flexibility index (Phi) is 4.74. The molecule has 1 aliphatic rings. The van der Waals surface area contributed by atoms with Crippen molar-refractivity contribution in [2.45, 2.75) is 25.8 Å². The van der Waals surface area contributed by atoms with E-state index in [9.17, 15) is 9.59 Å². The molecule has 0 saturated carbocycles. The lowest BCUT2D eigenvalue weighted by atomic mass is 10.2. The highest BCUT2D eigenvalue weighted by Crippen LogP contribution is 2.29. The molecule has 0 radical (unpaired) electrons. The second-order valence-corrected chi connectivity index (χ2v) is 5.65. The minimum absolute atomic E-state index is 0.0763. The molecule has 1 N–H and O–H groups in total. The fraction of sp³-hybridized carbons (Fsp3) is 0.278. The summed E-state index contributed by atoms with van der Waals surface area (Å²) < 4.78 is 5.79. The van der Waals surface area contributed by atoms with Gasteiger partial charge in [0.05, 0.1) is 11.9 Å². The summed E-state index contributed by atoms with van der Waals surface area (Å²) in [7, 11) is 0. The Labute approximate surface area is 140 Å². The number of para-hydroxylation sites is 2. The van der Waals surface area contributed by atoms with Crippen molar-refractivity contribution in [1.82, 2.24) is 9.88 Å². The standard InChI is InChI=1S/C18H19N3O3/c1-13(22)21-11-5-8-16(21)18(23)20-15-7-2-3-9-17(15)24-14-6-4-10-19-12-14/h2-4,6-7,9-10,12,16H,5,8,11H2,1H3,(H,20,23)/t16-/m0/s1. The molecule has 3 rings (SSSR count). The second-order valence-electron chi connectivity index (χ2n) is 5.65. The molecular weight excluding hydrogens is 306 g/mol. The number of anilines is 1. The predicted octanol–water partition coefficient (Wildman–Crippen LogP) is 2.82. The normalized spacial score (nSPS) is 16.7. The third kappa shape index (κ3) is 3.53. The van der Waals surface area contributed by atoms with Crippen molar-refractivity contribution >= 4 is 17.5 Å². The van der Waals surface area contributed by atoms with Gasteiger partial charge in [-0.05, 0) is 37.1 Å². The number of amides is 2. The molecule has 1 saturated heterocycles. The quantitative estimate of drug-likeness (QED) is 0.938. The Hall–Kier alpha value is -2.89. The summed E-state index contributed by atoms with van der Waals surface area (Å²) in [6.07, 6.45) is 4.78. The molecule has 1 atom stereocenters. The van der Waals surface area contributed by atoms with Gasteiger partial charge in [-0.2, -0.15) is 0 Å². The van der Waals surface area contributed by atoms with Crippen molar-refractivity contribution in [3.8, 4) is 11.5 Å². The van der Waals surface area contributed by atoms with E-state index in [2.05, 4.69) is 10.3 Å². The van der Waals surface area contributed by atoms with Gasteiger partial charge in [-0.25, -0.2) is 0 Å². The highest BCUT2D eigenvalue weighted by atomic mass is 16.5. The summed E-state index contributed by atoms with van der Waals surface area (Å²) in [6, 6.07) is 10.4. The van der Waals surface area contributed by atoms with E-state index in [1.807, 2.05) is 12.1 Å². The number of carbonyl (C=O) groups is 2. The number of aromatic nitrogens is 1. The Morgan fingerprint density at radius 2 is 2.08 bits per heavy atom. The van der Waals surface area contributed by atoms with E-state index in [1.165, 1.54) is 6.92 Å². The maximum absolute atomic E-state index is 12.6. The summed E-state index contributed by atoms with van der Waals surface area (Å²) in [4.78, 5) is 29.8. The first-order valence-electron chi connectivity index (χ1n) is 7.90. The van der Waals surface area contributed by atoms with Gasteiger partial charge in [0.2, 0.25) is 11.8 Å². The number of pyridine rings is 1. The van der Waals surface area contributed by atoms with Gasteiger partial charge in [0.25, 0.3) is 0 Å². The molecule has 1 aliphatic heterocycles. The number of hydrogen-bond acceptors (Lipinski definition) is 4. The van der Waals surface area contributed by atoms with E-state index >= 15 is 0 Å². The Balaban J connectivity index is 1.75. The topological polar surface area (TPSA) is 71.5 Å². The summed E-state index contributed by atoms with van der Waals surface area (Å²) in [6.45, 7) is 2.12. The molecule has 6 heteroatoms. The monoisotopic (exact) mass is 325 g/mol. The van der Waals surface area contributed by atoms with Crippen LogP contribution in [0.5, 0.6) is 11.5 Å². The van der Waals surface area contributed by atoms with Gasteiger partial charge in [-0.15, -0.1) is 0 Å². The molecule has 1 fully saturated rings. The highest BCUT2D eigenvalue weighted by Gasteiger charge is 2.32. The predicted molar refractivity (Wildman–Crippen MR) is 89.8 cm³/mol. The number of nitrogens with zero attached hydrogens (tertiary/aromatic N) is 2. The highest BCUT2D eigenvalue weighted by molar-refractivity contribution is 5.98. The van der Waals surface area contributed by atoms with Gasteiger partial charge in [-0.1, -0.05) is 12.1 Å². The van der Waals surface area contributed by atoms with Crippen molar-refractivity contribution in [2.75, 3.05) is 11.9 Å². The molecule has 124 valence electrons. The lowest BCUT2D eigenvalue weighted by molar-refractivity contribution is -0.134. The lowest BCUT2D eigenvalue weighted by Gasteiger charge is -2.23. The number of carbonyl (C=O) groups excluding carboxylic acids is 2. The number of hydrogen-bond donors (Lipinski definition) is 1. The lowest BCUT2D eigenvalue weighted by Crippen LogP contribution is -2.42. The number of rotatable bonds is 4. The molecule has 2 amide bonds. The van der Waals surface area contributed by atoms with Crippen molar-refractivity contribution in [3.63, 3.8) is 0 Å². The van der Waals surface area contributed by atoms with Gasteiger partial charge in [0.15, 0.2) is 5.75 Å². The first kappa shape index (κ1) is 16.0. The fourth-order valence-corrected chi connectivity index (χ4v) is 2.83. The molecular formula is C18H19N3O3. The van der Waals surface area contributed by atoms with E-state index in [1.54, 1.807) is 41.6 Å². The molecule has 0 spiro atoms. The van der Waals surface area contributed by atoms with Crippen molar-refractivity contribution in [2.24, 2.45) is 0 Å². The van der Waals surface area contributed by atoms with Gasteiger partial charge < -0.3 is 15.0 Å². The van der Waals surface area contributed by atoms with Crippen LogP contribution in [0.2, 0.25) is 0 Å². The van der Waals surface area contributed by atoms with Crippen LogP contribution in [0.3, 0.4) is 0 Å². The molecule has 0 unspecified atom stereocenters. The summed E-state index contributed by atoms with van der Waals surface area (Å²) >= 11 is 0. The van der Waals surface area contributed by atoms with Crippen LogP contribution in [0.15, 0.2) is 48.8 Å². The zero-order chi connectivity index (χ0) is 16.9. The first-order valence-corrected chi connectivity index (χ1v) is 7.90. The Morgan fingerprint density at radius 3 is 2.83 bits per heavy atom. The molecule has 1 aromatic heterocycles. The van der Waals surface area contributed by atoms with Gasteiger partial charge in [0.1, 0.15) is 11.8 Å². The second kappa shape index (κ2) is 7.12. The third-order valence-corrected chi connectivity index (χ3v) is 3.97. The van der Waals surface area contributed by atoms with E-state index in [4.69, 9.17) is 4.74 Å². The van der Waals surface area contributed by atoms with Crippen molar-refractivity contribution in [3.05, 3.63) is 48.8 Å². The van der Waals surface area contributed by atoms with Crippen molar-refractivity contribution in [1.29, 1.82) is 0 Å². The largest absolute Gasteiger partial charge is 0.454 e. The maximum Gasteiger partial charge on any atom is 0.247 e. The van der Waals surface area contributed by atoms with Gasteiger partial charge in [0, 0.05) is 19.7 Å². The smallest absolute Gasteiger partial charge is 0.247 e. The number of likely N-dealkylation sites (tertiary alicyclic amines) is 1. The van der Waals surface area contributed by atoms with Crippen LogP contribution in [0.25, 0.3) is 0 Å². The summed E-state index contributed by atoms with van der Waals surface area (Å²) in [5.41, 5.74) is 0.571. The molecule has 0 bridgehead atoms. The molecule has 24 heavy (non-hydrogen) atoms. The number of nitrogens with one attached hydrogen (secondary N) is 1. The van der Waals surface area contributed by atoms with Crippen molar-refractivity contribution < 1.29 is 14.3 Å². The molecule has 6 nitrogen and oxygen atoms in total. The fourth-order valence-electron chi connectivity index (χ4n) is 2.83. The Morgan fingerprint density at radius 1 is 1.25 bits per heavy atom. The molecule has 2 aromatic rings. The average molecular weight is 325 g/mol. The average Bonchev–Trinajstić information content (AvgIpc) is 3.08. The van der Waals surface area contributed by atoms with Crippen LogP contribution in [0, 0.1) is 0 Å². The summed E-state index contributed by atoms with van der Waals surface area (Å²) in [5.74, 6) is 0.856. The van der Waals surface area contributed by atoms with Crippen LogP contribution in [0.1, 0.15) is 19.8 Å². The zero-order valence-corrected chi connectivity index (χ0v) is 13.4. The maximum atomic E-state index is 12.6. The van der Waals surface area contributed by atoms with E-state index in [0.717, 1.165) is 6.42 Å². The van der Waals surface area contributed by atoms with Crippen LogP contribution >= 0.6 is 0 Å². The van der Waals surface area contributed by atoms with Crippen LogP contribution in [-0.4, -0.2) is 34.3 Å². The Bertz CT molecular complexity index is 733. The molecule has 2 heterocycles. The van der Waals surface area contributed by atoms with E-state index in [-0.39, 0.29) is 11.8 Å². The van der Waals surface area contributed by atoms with E-state index < -0.39 is 6.04 Å². The number of benzene rings is 1. The zero-order valence-electron chi connectivity index (χ0n) is 13.4. The van der Waals surface area contributed by atoms with Crippen LogP contribution in [0.4, 0.5) is 5.69 Å². The SMILES string of the molecule is CC(=O)N1CCC[C@H]1C(=O)Nc1ccccc1Oc1cccnc1. The minimum atomic E-state index is -0.422. The van der Waals surface area contributed by atoms with Crippen LogP contribution < -0.4 is 10.1 Å². The third-order valence-electron chi connectivity index (χ3n) is 3.97. The minimum Gasteiger partial charge on any atom is -0.454 e. The first-order chi connectivity index (χ1) is 11.6. The summed E-state index contributed by atoms with van der Waals surface area (Å²) in [5, 5.41) is 2.88. The number of ether oxygens (including phenoxy) is 1. The van der Waals surface area contributed by atoms with Crippen LogP contribution in [-0.2, 0) is 9.59 Å². The molecule has 1 aromatic carbocycles. The molecule has 0 aliphatic carbocycles. The van der Waals surface area contributed by atoms with Gasteiger partial charge >= 0.3 is 0 Å². The van der Waals surface area contributed by atoms with Gasteiger partial charge in [-0.3, -0.25) is 14.6 Å². The van der Waals surface area contributed by atoms with E-state index in [0.29, 0.717) is 30.2 Å².